The fraction of sp³-hybridized carbons (Fsp3) is 0.235. The van der Waals surface area contributed by atoms with Crippen molar-refractivity contribution >= 4 is 26.8 Å². The number of methoxy groups -OCH3 is 1. The van der Waals surface area contributed by atoms with Gasteiger partial charge in [-0.2, -0.15) is 0 Å². The van der Waals surface area contributed by atoms with Crippen molar-refractivity contribution < 1.29 is 17.7 Å². The molecule has 0 bridgehead atoms. The molecule has 0 aliphatic rings. The number of hydrogen-bond acceptors (Lipinski definition) is 5. The van der Waals surface area contributed by atoms with Crippen LogP contribution in [0.15, 0.2) is 51.9 Å². The minimum atomic E-state index is -3.87. The third-order valence-corrected chi connectivity index (χ3v) is 5.11. The lowest BCUT2D eigenvalue weighted by atomic mass is 10.0. The van der Waals surface area contributed by atoms with Gasteiger partial charge in [0.1, 0.15) is 10.6 Å². The fourth-order valence-corrected chi connectivity index (χ4v) is 3.62. The molecule has 0 aliphatic heterocycles. The molecule has 0 spiro atoms. The SMILES string of the molecule is COc1ccc(C(C)C)cc1S(=O)(=O)Nc1noc2ccccc12. The Kier molecular flexibility index (Phi) is 4.19. The highest BCUT2D eigenvalue weighted by Crippen LogP contribution is 2.31. The predicted octanol–water partition coefficient (Wildman–Crippen LogP) is 3.76. The van der Waals surface area contributed by atoms with Crippen LogP contribution in [0, 0.1) is 0 Å². The molecule has 3 aromatic rings. The van der Waals surface area contributed by atoms with Gasteiger partial charge in [-0.3, -0.25) is 4.72 Å². The van der Waals surface area contributed by atoms with Crippen LogP contribution in [0.25, 0.3) is 11.0 Å². The molecule has 24 heavy (non-hydrogen) atoms. The van der Waals surface area contributed by atoms with E-state index < -0.39 is 10.0 Å². The first-order valence-corrected chi connectivity index (χ1v) is 8.96. The van der Waals surface area contributed by atoms with E-state index in [1.165, 1.54) is 7.11 Å². The van der Waals surface area contributed by atoms with Gasteiger partial charge in [0.05, 0.1) is 12.5 Å². The van der Waals surface area contributed by atoms with Crippen molar-refractivity contribution in [3.63, 3.8) is 0 Å². The van der Waals surface area contributed by atoms with Crippen LogP contribution in [0.2, 0.25) is 0 Å². The Morgan fingerprint density at radius 3 is 2.62 bits per heavy atom. The Balaban J connectivity index is 2.06. The van der Waals surface area contributed by atoms with Crippen LogP contribution in [0.4, 0.5) is 5.82 Å². The van der Waals surface area contributed by atoms with Gasteiger partial charge in [0.15, 0.2) is 11.4 Å². The van der Waals surface area contributed by atoms with Gasteiger partial charge in [-0.05, 0) is 35.7 Å². The van der Waals surface area contributed by atoms with E-state index in [9.17, 15) is 8.42 Å². The Morgan fingerprint density at radius 2 is 1.92 bits per heavy atom. The summed E-state index contributed by atoms with van der Waals surface area (Å²) in [5.41, 5.74) is 1.42. The standard InChI is InChI=1S/C17H18N2O4S/c1-11(2)12-8-9-15(22-3)16(10-12)24(20,21)19-17-13-6-4-5-7-14(13)23-18-17/h4-11H,1-3H3,(H,18,19). The molecule has 6 nitrogen and oxygen atoms in total. The number of para-hydroxylation sites is 1. The highest BCUT2D eigenvalue weighted by atomic mass is 32.2. The van der Waals surface area contributed by atoms with Gasteiger partial charge in [-0.25, -0.2) is 8.42 Å². The lowest BCUT2D eigenvalue weighted by Crippen LogP contribution is -2.15. The van der Waals surface area contributed by atoms with Crippen LogP contribution in [0.5, 0.6) is 5.75 Å². The molecule has 1 heterocycles. The van der Waals surface area contributed by atoms with E-state index in [-0.39, 0.29) is 22.4 Å². The second kappa shape index (κ2) is 6.16. The van der Waals surface area contributed by atoms with Crippen LogP contribution in [-0.4, -0.2) is 20.7 Å². The zero-order valence-corrected chi connectivity index (χ0v) is 14.4. The number of nitrogens with one attached hydrogen (secondary N) is 1. The molecule has 0 unspecified atom stereocenters. The molecule has 0 aliphatic carbocycles. The summed E-state index contributed by atoms with van der Waals surface area (Å²) >= 11 is 0. The molecule has 1 N–H and O–H groups in total. The van der Waals surface area contributed by atoms with Gasteiger partial charge in [0, 0.05) is 0 Å². The maximum atomic E-state index is 12.8. The van der Waals surface area contributed by atoms with Crippen molar-refractivity contribution in [2.75, 3.05) is 11.8 Å². The Labute approximate surface area is 140 Å². The van der Waals surface area contributed by atoms with Crippen molar-refractivity contribution in [1.82, 2.24) is 5.16 Å². The van der Waals surface area contributed by atoms with Gasteiger partial charge in [0.25, 0.3) is 10.0 Å². The molecule has 0 fully saturated rings. The van der Waals surface area contributed by atoms with Crippen LogP contribution in [-0.2, 0) is 10.0 Å². The lowest BCUT2D eigenvalue weighted by molar-refractivity contribution is 0.402. The summed E-state index contributed by atoms with van der Waals surface area (Å²) in [7, 11) is -2.43. The number of aromatic nitrogens is 1. The third kappa shape index (κ3) is 2.94. The minimum absolute atomic E-state index is 0.0725. The van der Waals surface area contributed by atoms with Crippen LogP contribution < -0.4 is 9.46 Å². The van der Waals surface area contributed by atoms with Gasteiger partial charge in [-0.1, -0.05) is 37.2 Å². The average molecular weight is 346 g/mol. The Morgan fingerprint density at radius 1 is 1.17 bits per heavy atom. The van der Waals surface area contributed by atoms with E-state index in [1.54, 1.807) is 36.4 Å². The summed E-state index contributed by atoms with van der Waals surface area (Å²) in [4.78, 5) is 0.0725. The van der Waals surface area contributed by atoms with Gasteiger partial charge in [0.2, 0.25) is 0 Å². The molecule has 0 amide bonds. The van der Waals surface area contributed by atoms with Gasteiger partial charge < -0.3 is 9.26 Å². The summed E-state index contributed by atoms with van der Waals surface area (Å²) in [6, 6.07) is 12.2. The first-order valence-electron chi connectivity index (χ1n) is 7.47. The summed E-state index contributed by atoms with van der Waals surface area (Å²) in [5.74, 6) is 0.625. The zero-order chi connectivity index (χ0) is 17.3. The first-order chi connectivity index (χ1) is 11.4. The number of ether oxygens (including phenoxy) is 1. The Hall–Kier alpha value is -2.54. The first kappa shape index (κ1) is 16.3. The van der Waals surface area contributed by atoms with Crippen molar-refractivity contribution in [2.24, 2.45) is 0 Å². The highest BCUT2D eigenvalue weighted by Gasteiger charge is 2.23. The van der Waals surface area contributed by atoms with Crippen molar-refractivity contribution in [2.45, 2.75) is 24.7 Å². The molecule has 0 radical (unpaired) electrons. The molecule has 7 heteroatoms. The monoisotopic (exact) mass is 346 g/mol. The van der Waals surface area contributed by atoms with Crippen molar-refractivity contribution in [3.05, 3.63) is 48.0 Å². The van der Waals surface area contributed by atoms with E-state index >= 15 is 0 Å². The molecule has 0 atom stereocenters. The molecule has 0 saturated carbocycles. The molecule has 126 valence electrons. The van der Waals surface area contributed by atoms with Crippen molar-refractivity contribution in [1.29, 1.82) is 0 Å². The minimum Gasteiger partial charge on any atom is -0.495 e. The molecule has 0 saturated heterocycles. The quantitative estimate of drug-likeness (QED) is 0.761. The third-order valence-electron chi connectivity index (χ3n) is 3.75. The molecule has 1 aromatic heterocycles. The topological polar surface area (TPSA) is 81.4 Å². The number of hydrogen-bond donors (Lipinski definition) is 1. The summed E-state index contributed by atoms with van der Waals surface area (Å²) < 4.78 is 38.5. The second-order valence-electron chi connectivity index (χ2n) is 5.70. The van der Waals surface area contributed by atoms with E-state index in [4.69, 9.17) is 9.26 Å². The maximum absolute atomic E-state index is 12.8. The number of rotatable bonds is 5. The number of fused-ring (bicyclic) bond motifs is 1. The highest BCUT2D eigenvalue weighted by molar-refractivity contribution is 7.92. The van der Waals surface area contributed by atoms with Crippen LogP contribution in [0.3, 0.4) is 0 Å². The predicted molar refractivity (Wildman–Crippen MR) is 91.9 cm³/mol. The van der Waals surface area contributed by atoms with Crippen LogP contribution >= 0.6 is 0 Å². The summed E-state index contributed by atoms with van der Waals surface area (Å²) in [5, 5.41) is 4.41. The fourth-order valence-electron chi connectivity index (χ4n) is 2.40. The molecule has 3 rings (SSSR count). The smallest absolute Gasteiger partial charge is 0.266 e. The lowest BCUT2D eigenvalue weighted by Gasteiger charge is -2.13. The normalized spacial score (nSPS) is 11.8. The number of anilines is 1. The largest absolute Gasteiger partial charge is 0.495 e. The zero-order valence-electron chi connectivity index (χ0n) is 13.6. The second-order valence-corrected chi connectivity index (χ2v) is 7.35. The molecule has 2 aromatic carbocycles. The van der Waals surface area contributed by atoms with E-state index in [0.29, 0.717) is 11.0 Å². The average Bonchev–Trinajstić information content (AvgIpc) is 2.96. The summed E-state index contributed by atoms with van der Waals surface area (Å²) in [6.07, 6.45) is 0. The summed E-state index contributed by atoms with van der Waals surface area (Å²) in [6.45, 7) is 3.99. The molecular formula is C17H18N2O4S. The van der Waals surface area contributed by atoms with E-state index in [2.05, 4.69) is 9.88 Å². The molecular weight excluding hydrogens is 328 g/mol. The van der Waals surface area contributed by atoms with E-state index in [0.717, 1.165) is 5.56 Å². The van der Waals surface area contributed by atoms with Crippen molar-refractivity contribution in [3.8, 4) is 5.75 Å². The van der Waals surface area contributed by atoms with Gasteiger partial charge in [-0.15, -0.1) is 0 Å². The Bertz CT molecular complexity index is 977. The number of nitrogens with zero attached hydrogens (tertiary/aromatic N) is 1. The van der Waals surface area contributed by atoms with E-state index in [1.807, 2.05) is 19.9 Å². The number of benzene rings is 2. The number of sulfonamides is 1. The maximum Gasteiger partial charge on any atom is 0.266 e. The van der Waals surface area contributed by atoms with Crippen LogP contribution in [0.1, 0.15) is 25.3 Å². The van der Waals surface area contributed by atoms with Gasteiger partial charge >= 0.3 is 0 Å².